The van der Waals surface area contributed by atoms with Crippen molar-refractivity contribution >= 4 is 23.0 Å². The number of Topliss-reactive ketones (excluding diaryl/α,β-unsaturated/α-hetero) is 1. The number of carbonyl (C=O) groups is 2. The van der Waals surface area contributed by atoms with Crippen molar-refractivity contribution in [1.82, 2.24) is 5.32 Å². The van der Waals surface area contributed by atoms with Crippen LogP contribution in [-0.2, 0) is 11.3 Å². The van der Waals surface area contributed by atoms with E-state index in [0.717, 1.165) is 10.9 Å². The molecule has 0 bridgehead atoms. The van der Waals surface area contributed by atoms with E-state index in [1.807, 2.05) is 17.5 Å². The van der Waals surface area contributed by atoms with Gasteiger partial charge in [0.1, 0.15) is 11.6 Å². The van der Waals surface area contributed by atoms with Crippen LogP contribution in [0.25, 0.3) is 0 Å². The average molecular weight is 307 g/mol. The molecule has 21 heavy (non-hydrogen) atoms. The fraction of sp³-hybridized carbons (Fsp3) is 0.200. The van der Waals surface area contributed by atoms with E-state index < -0.39 is 5.82 Å². The first-order valence-electron chi connectivity index (χ1n) is 6.28. The van der Waals surface area contributed by atoms with Gasteiger partial charge in [0.2, 0.25) is 0 Å². The van der Waals surface area contributed by atoms with Gasteiger partial charge in [-0.1, -0.05) is 6.07 Å². The Bertz CT molecular complexity index is 640. The van der Waals surface area contributed by atoms with Crippen LogP contribution in [0.1, 0.15) is 22.2 Å². The number of ketones is 1. The summed E-state index contributed by atoms with van der Waals surface area (Å²) < 4.78 is 18.8. The van der Waals surface area contributed by atoms with Crippen LogP contribution in [0.15, 0.2) is 35.7 Å². The second-order valence-electron chi connectivity index (χ2n) is 4.34. The first kappa shape index (κ1) is 15.2. The number of hydrogen-bond donors (Lipinski definition) is 1. The van der Waals surface area contributed by atoms with Crippen molar-refractivity contribution in [2.75, 3.05) is 6.61 Å². The third kappa shape index (κ3) is 4.39. The summed E-state index contributed by atoms with van der Waals surface area (Å²) in [6.07, 6.45) is 0. The second kappa shape index (κ2) is 6.99. The lowest BCUT2D eigenvalue weighted by molar-refractivity contribution is -0.123. The zero-order chi connectivity index (χ0) is 15.2. The fourth-order valence-electron chi connectivity index (χ4n) is 1.67. The largest absolute Gasteiger partial charge is 0.484 e. The third-order valence-corrected chi connectivity index (χ3v) is 3.61. The van der Waals surface area contributed by atoms with E-state index in [0.29, 0.717) is 6.54 Å². The minimum atomic E-state index is -0.654. The highest BCUT2D eigenvalue weighted by molar-refractivity contribution is 7.09. The maximum absolute atomic E-state index is 13.6. The molecule has 0 atom stereocenters. The van der Waals surface area contributed by atoms with E-state index in [2.05, 4.69) is 5.32 Å². The van der Waals surface area contributed by atoms with Gasteiger partial charge in [0.25, 0.3) is 5.91 Å². The topological polar surface area (TPSA) is 55.4 Å². The first-order chi connectivity index (χ1) is 10.1. The SMILES string of the molecule is CC(=O)c1ccc(OCC(=O)NCc2cccs2)cc1F. The van der Waals surface area contributed by atoms with Crippen molar-refractivity contribution in [3.8, 4) is 5.75 Å². The van der Waals surface area contributed by atoms with Crippen LogP contribution in [0.4, 0.5) is 4.39 Å². The van der Waals surface area contributed by atoms with Crippen molar-refractivity contribution in [3.63, 3.8) is 0 Å². The highest BCUT2D eigenvalue weighted by Gasteiger charge is 2.09. The van der Waals surface area contributed by atoms with Gasteiger partial charge < -0.3 is 10.1 Å². The van der Waals surface area contributed by atoms with Crippen molar-refractivity contribution in [2.24, 2.45) is 0 Å². The van der Waals surface area contributed by atoms with Gasteiger partial charge in [-0.15, -0.1) is 11.3 Å². The molecule has 0 fully saturated rings. The lowest BCUT2D eigenvalue weighted by Crippen LogP contribution is -2.28. The van der Waals surface area contributed by atoms with Gasteiger partial charge in [0.15, 0.2) is 12.4 Å². The van der Waals surface area contributed by atoms with Gasteiger partial charge in [0, 0.05) is 10.9 Å². The summed E-state index contributed by atoms with van der Waals surface area (Å²) in [5.74, 6) is -1.09. The number of hydrogen-bond acceptors (Lipinski definition) is 4. The number of ether oxygens (including phenoxy) is 1. The third-order valence-electron chi connectivity index (χ3n) is 2.73. The Hall–Kier alpha value is -2.21. The molecule has 110 valence electrons. The molecule has 1 aromatic heterocycles. The Labute approximate surface area is 125 Å². The van der Waals surface area contributed by atoms with Crippen molar-refractivity contribution in [1.29, 1.82) is 0 Å². The number of rotatable bonds is 6. The van der Waals surface area contributed by atoms with E-state index in [9.17, 15) is 14.0 Å². The van der Waals surface area contributed by atoms with Gasteiger partial charge >= 0.3 is 0 Å². The molecule has 2 aromatic rings. The van der Waals surface area contributed by atoms with Crippen LogP contribution >= 0.6 is 11.3 Å². The average Bonchev–Trinajstić information content (AvgIpc) is 2.95. The Morgan fingerprint density at radius 2 is 2.14 bits per heavy atom. The molecule has 0 spiro atoms. The quantitative estimate of drug-likeness (QED) is 0.835. The predicted octanol–water partition coefficient (Wildman–Crippen LogP) is 2.79. The molecule has 0 unspecified atom stereocenters. The molecule has 1 heterocycles. The Morgan fingerprint density at radius 3 is 2.76 bits per heavy atom. The zero-order valence-electron chi connectivity index (χ0n) is 11.4. The van der Waals surface area contributed by atoms with E-state index in [-0.39, 0.29) is 29.6 Å². The van der Waals surface area contributed by atoms with Crippen molar-refractivity contribution in [3.05, 3.63) is 52.0 Å². The molecule has 0 aliphatic rings. The minimum Gasteiger partial charge on any atom is -0.484 e. The molecular weight excluding hydrogens is 293 g/mol. The number of carbonyl (C=O) groups excluding carboxylic acids is 2. The molecule has 1 N–H and O–H groups in total. The zero-order valence-corrected chi connectivity index (χ0v) is 12.2. The van der Waals surface area contributed by atoms with E-state index in [1.165, 1.54) is 19.1 Å². The molecule has 1 amide bonds. The fourth-order valence-corrected chi connectivity index (χ4v) is 2.31. The number of nitrogens with one attached hydrogen (secondary N) is 1. The van der Waals surface area contributed by atoms with Crippen LogP contribution in [0, 0.1) is 5.82 Å². The van der Waals surface area contributed by atoms with E-state index >= 15 is 0 Å². The maximum atomic E-state index is 13.6. The molecule has 6 heteroatoms. The van der Waals surface area contributed by atoms with Gasteiger partial charge in [-0.05, 0) is 30.5 Å². The van der Waals surface area contributed by atoms with Gasteiger partial charge in [-0.2, -0.15) is 0 Å². The Balaban J connectivity index is 1.83. The van der Waals surface area contributed by atoms with Crippen LogP contribution in [-0.4, -0.2) is 18.3 Å². The lowest BCUT2D eigenvalue weighted by Gasteiger charge is -2.08. The molecule has 0 saturated heterocycles. The summed E-state index contributed by atoms with van der Waals surface area (Å²) in [5.41, 5.74) is 0.00416. The minimum absolute atomic E-state index is 0.00416. The second-order valence-corrected chi connectivity index (χ2v) is 5.37. The maximum Gasteiger partial charge on any atom is 0.258 e. The van der Waals surface area contributed by atoms with Crippen molar-refractivity contribution in [2.45, 2.75) is 13.5 Å². The summed E-state index contributed by atoms with van der Waals surface area (Å²) in [4.78, 5) is 23.7. The molecule has 4 nitrogen and oxygen atoms in total. The summed E-state index contributed by atoms with van der Waals surface area (Å²) in [6.45, 7) is 1.53. The highest BCUT2D eigenvalue weighted by Crippen LogP contribution is 2.17. The number of amides is 1. The highest BCUT2D eigenvalue weighted by atomic mass is 32.1. The van der Waals surface area contributed by atoms with Crippen LogP contribution in [0.5, 0.6) is 5.75 Å². The number of thiophene rings is 1. The summed E-state index contributed by atoms with van der Waals surface area (Å²) >= 11 is 1.55. The normalized spacial score (nSPS) is 10.2. The van der Waals surface area contributed by atoms with Crippen LogP contribution in [0.3, 0.4) is 0 Å². The standard InChI is InChI=1S/C15H14FNO3S/c1-10(18)13-5-4-11(7-14(13)16)20-9-15(19)17-8-12-3-2-6-21-12/h2-7H,8-9H2,1H3,(H,17,19). The molecule has 0 saturated carbocycles. The van der Waals surface area contributed by atoms with E-state index in [1.54, 1.807) is 11.3 Å². The molecule has 2 rings (SSSR count). The van der Waals surface area contributed by atoms with E-state index in [4.69, 9.17) is 4.74 Å². The predicted molar refractivity (Wildman–Crippen MR) is 78.1 cm³/mol. The van der Waals surface area contributed by atoms with Gasteiger partial charge in [-0.25, -0.2) is 4.39 Å². The molecule has 0 radical (unpaired) electrons. The van der Waals surface area contributed by atoms with Gasteiger partial charge in [0.05, 0.1) is 12.1 Å². The summed E-state index contributed by atoms with van der Waals surface area (Å²) in [7, 11) is 0. The van der Waals surface area contributed by atoms with Crippen molar-refractivity contribution < 1.29 is 18.7 Å². The molecule has 1 aromatic carbocycles. The monoisotopic (exact) mass is 307 g/mol. The smallest absolute Gasteiger partial charge is 0.258 e. The molecular formula is C15H14FNO3S. The number of benzene rings is 1. The summed E-state index contributed by atoms with van der Waals surface area (Å²) in [5, 5.41) is 4.63. The Kier molecular flexibility index (Phi) is 5.05. The van der Waals surface area contributed by atoms with Crippen LogP contribution < -0.4 is 10.1 Å². The molecule has 0 aliphatic carbocycles. The van der Waals surface area contributed by atoms with Crippen LogP contribution in [0.2, 0.25) is 0 Å². The lowest BCUT2D eigenvalue weighted by atomic mass is 10.1. The Morgan fingerprint density at radius 1 is 1.33 bits per heavy atom. The summed E-state index contributed by atoms with van der Waals surface area (Å²) in [6, 6.07) is 7.73. The molecule has 0 aliphatic heterocycles. The first-order valence-corrected chi connectivity index (χ1v) is 7.16. The number of halogens is 1. The van der Waals surface area contributed by atoms with Gasteiger partial charge in [-0.3, -0.25) is 9.59 Å².